The van der Waals surface area contributed by atoms with Gasteiger partial charge in [-0.3, -0.25) is 14.6 Å². The number of rotatable bonds is 6. The van der Waals surface area contributed by atoms with Crippen molar-refractivity contribution in [1.29, 1.82) is 0 Å². The van der Waals surface area contributed by atoms with Crippen LogP contribution in [-0.4, -0.2) is 53.4 Å². The minimum absolute atomic E-state index is 0.0428. The van der Waals surface area contributed by atoms with Crippen LogP contribution in [-0.2, 0) is 17.5 Å². The number of nitrogens with zero attached hydrogens (tertiary/aromatic N) is 3. The smallest absolute Gasteiger partial charge is 0.418 e. The summed E-state index contributed by atoms with van der Waals surface area (Å²) < 4.78 is 45.2. The van der Waals surface area contributed by atoms with Crippen LogP contribution < -0.4 is 5.32 Å². The number of nitrogens with one attached hydrogen (secondary N) is 1. The number of benzene rings is 2. The van der Waals surface area contributed by atoms with E-state index in [1.807, 2.05) is 42.2 Å². The highest BCUT2D eigenvalue weighted by Crippen LogP contribution is 2.34. The Kier molecular flexibility index (Phi) is 6.80. The van der Waals surface area contributed by atoms with Gasteiger partial charge in [-0.05, 0) is 31.2 Å². The summed E-state index contributed by atoms with van der Waals surface area (Å²) in [7, 11) is 0. The number of aromatic nitrogens is 1. The summed E-state index contributed by atoms with van der Waals surface area (Å²) in [5.74, 6) is 0.913. The summed E-state index contributed by atoms with van der Waals surface area (Å²) in [5.41, 5.74) is 0.740. The van der Waals surface area contributed by atoms with Crippen LogP contribution in [0.4, 0.5) is 18.9 Å². The summed E-state index contributed by atoms with van der Waals surface area (Å²) >= 11 is 0. The van der Waals surface area contributed by atoms with E-state index in [0.717, 1.165) is 36.2 Å². The fraction of sp³-hybridized carbons (Fsp3) is 0.333. The lowest BCUT2D eigenvalue weighted by Crippen LogP contribution is -2.48. The number of piperazine rings is 1. The number of carbonyl (C=O) groups excluding carboxylic acids is 1. The number of oxazole rings is 1. The molecule has 1 aliphatic rings. The highest BCUT2D eigenvalue weighted by atomic mass is 19.4. The SMILES string of the molecule is Cc1oc(-c2ccccc2)nc1CN1CCN(CC(=O)Nc2ccccc2C(F)(F)F)CC1. The number of halogens is 3. The number of alkyl halides is 3. The second kappa shape index (κ2) is 9.76. The third-order valence-electron chi connectivity index (χ3n) is 5.63. The Morgan fingerprint density at radius 2 is 1.64 bits per heavy atom. The first-order chi connectivity index (χ1) is 15.8. The zero-order chi connectivity index (χ0) is 23.4. The van der Waals surface area contributed by atoms with E-state index in [1.54, 1.807) is 0 Å². The Labute approximate surface area is 190 Å². The molecule has 0 aliphatic carbocycles. The normalized spacial score (nSPS) is 15.5. The Morgan fingerprint density at radius 3 is 2.33 bits per heavy atom. The Balaban J connectivity index is 1.29. The van der Waals surface area contributed by atoms with Gasteiger partial charge in [-0.2, -0.15) is 13.2 Å². The predicted molar refractivity (Wildman–Crippen MR) is 118 cm³/mol. The van der Waals surface area contributed by atoms with Crippen molar-refractivity contribution < 1.29 is 22.4 Å². The first-order valence-electron chi connectivity index (χ1n) is 10.7. The van der Waals surface area contributed by atoms with Gasteiger partial charge in [0, 0.05) is 38.3 Å². The summed E-state index contributed by atoms with van der Waals surface area (Å²) in [6.45, 7) is 5.29. The number of anilines is 1. The van der Waals surface area contributed by atoms with Crippen molar-refractivity contribution in [2.75, 3.05) is 38.0 Å². The van der Waals surface area contributed by atoms with Crippen LogP contribution in [0.1, 0.15) is 17.0 Å². The number of carbonyl (C=O) groups is 1. The first kappa shape index (κ1) is 23.0. The quantitative estimate of drug-likeness (QED) is 0.593. The molecule has 2 aromatic carbocycles. The lowest BCUT2D eigenvalue weighted by Gasteiger charge is -2.33. The van der Waals surface area contributed by atoms with Gasteiger partial charge in [0.05, 0.1) is 23.5 Å². The van der Waals surface area contributed by atoms with E-state index < -0.39 is 17.6 Å². The lowest BCUT2D eigenvalue weighted by molar-refractivity contribution is -0.137. The molecular formula is C24H25F3N4O2. The van der Waals surface area contributed by atoms with Gasteiger partial charge in [0.2, 0.25) is 11.8 Å². The zero-order valence-corrected chi connectivity index (χ0v) is 18.2. The van der Waals surface area contributed by atoms with Gasteiger partial charge in [-0.25, -0.2) is 4.98 Å². The summed E-state index contributed by atoms with van der Waals surface area (Å²) in [6.07, 6.45) is -4.52. The number of hydrogen-bond donors (Lipinski definition) is 1. The minimum Gasteiger partial charge on any atom is -0.441 e. The molecule has 1 aliphatic heterocycles. The molecule has 1 fully saturated rings. The molecule has 1 N–H and O–H groups in total. The van der Waals surface area contributed by atoms with Crippen molar-refractivity contribution >= 4 is 11.6 Å². The molecule has 1 saturated heterocycles. The standard InChI is InChI=1S/C24H25F3N4O2/c1-17-21(29-23(33-17)18-7-3-2-4-8-18)15-30-11-13-31(14-12-30)16-22(32)28-20-10-6-5-9-19(20)24(25,26)27/h2-10H,11-16H2,1H3,(H,28,32). The molecule has 3 aromatic rings. The third-order valence-corrected chi connectivity index (χ3v) is 5.63. The Hall–Kier alpha value is -3.17. The van der Waals surface area contributed by atoms with E-state index in [2.05, 4.69) is 15.2 Å². The van der Waals surface area contributed by atoms with Crippen LogP contribution in [0, 0.1) is 6.92 Å². The van der Waals surface area contributed by atoms with E-state index in [9.17, 15) is 18.0 Å². The number of para-hydroxylation sites is 1. The monoisotopic (exact) mass is 458 g/mol. The van der Waals surface area contributed by atoms with Crippen molar-refractivity contribution in [1.82, 2.24) is 14.8 Å². The largest absolute Gasteiger partial charge is 0.441 e. The van der Waals surface area contributed by atoms with E-state index in [0.29, 0.717) is 25.5 Å². The van der Waals surface area contributed by atoms with Crippen molar-refractivity contribution in [2.24, 2.45) is 0 Å². The maximum atomic E-state index is 13.1. The molecule has 0 atom stereocenters. The molecule has 0 unspecified atom stereocenters. The molecule has 0 bridgehead atoms. The molecule has 4 rings (SSSR count). The topological polar surface area (TPSA) is 61.6 Å². The molecule has 2 heterocycles. The highest BCUT2D eigenvalue weighted by molar-refractivity contribution is 5.93. The van der Waals surface area contributed by atoms with Crippen LogP contribution in [0.2, 0.25) is 0 Å². The van der Waals surface area contributed by atoms with Gasteiger partial charge >= 0.3 is 6.18 Å². The van der Waals surface area contributed by atoms with Gasteiger partial charge in [-0.15, -0.1) is 0 Å². The van der Waals surface area contributed by atoms with E-state index in [4.69, 9.17) is 4.42 Å². The van der Waals surface area contributed by atoms with Gasteiger partial charge < -0.3 is 9.73 Å². The second-order valence-electron chi connectivity index (χ2n) is 8.03. The van der Waals surface area contributed by atoms with Gasteiger partial charge in [0.15, 0.2) is 0 Å². The van der Waals surface area contributed by atoms with Crippen molar-refractivity contribution in [3.8, 4) is 11.5 Å². The summed E-state index contributed by atoms with van der Waals surface area (Å²) in [4.78, 5) is 21.2. The molecule has 0 spiro atoms. The van der Waals surface area contributed by atoms with Crippen molar-refractivity contribution in [3.63, 3.8) is 0 Å². The Morgan fingerprint density at radius 1 is 1.00 bits per heavy atom. The molecular weight excluding hydrogens is 433 g/mol. The third kappa shape index (κ3) is 5.80. The second-order valence-corrected chi connectivity index (χ2v) is 8.03. The van der Waals surface area contributed by atoms with Crippen LogP contribution >= 0.6 is 0 Å². The average Bonchev–Trinajstić information content (AvgIpc) is 3.15. The molecule has 1 aromatic heterocycles. The molecule has 1 amide bonds. The number of amides is 1. The minimum atomic E-state index is -4.52. The Bertz CT molecular complexity index is 1090. The maximum Gasteiger partial charge on any atom is 0.418 e. The first-order valence-corrected chi connectivity index (χ1v) is 10.7. The number of aryl methyl sites for hydroxylation is 1. The van der Waals surface area contributed by atoms with E-state index in [-0.39, 0.29) is 12.2 Å². The van der Waals surface area contributed by atoms with Crippen LogP contribution in [0.25, 0.3) is 11.5 Å². The molecule has 6 nitrogen and oxygen atoms in total. The molecule has 174 valence electrons. The van der Waals surface area contributed by atoms with Crippen LogP contribution in [0.5, 0.6) is 0 Å². The summed E-state index contributed by atoms with van der Waals surface area (Å²) in [5, 5.41) is 2.40. The fourth-order valence-electron chi connectivity index (χ4n) is 3.83. The molecule has 33 heavy (non-hydrogen) atoms. The van der Waals surface area contributed by atoms with Gasteiger partial charge in [0.25, 0.3) is 0 Å². The van der Waals surface area contributed by atoms with E-state index in [1.165, 1.54) is 18.2 Å². The van der Waals surface area contributed by atoms with Crippen molar-refractivity contribution in [3.05, 3.63) is 71.6 Å². The fourth-order valence-corrected chi connectivity index (χ4v) is 3.83. The molecule has 0 saturated carbocycles. The summed E-state index contributed by atoms with van der Waals surface area (Å²) in [6, 6.07) is 14.7. The van der Waals surface area contributed by atoms with Gasteiger partial charge in [0.1, 0.15) is 5.76 Å². The van der Waals surface area contributed by atoms with Crippen LogP contribution in [0.3, 0.4) is 0 Å². The zero-order valence-electron chi connectivity index (χ0n) is 18.2. The van der Waals surface area contributed by atoms with Crippen molar-refractivity contribution in [2.45, 2.75) is 19.6 Å². The maximum absolute atomic E-state index is 13.1. The van der Waals surface area contributed by atoms with Gasteiger partial charge in [-0.1, -0.05) is 30.3 Å². The predicted octanol–water partition coefficient (Wildman–Crippen LogP) is 4.43. The highest BCUT2D eigenvalue weighted by Gasteiger charge is 2.33. The van der Waals surface area contributed by atoms with Crippen LogP contribution in [0.15, 0.2) is 59.0 Å². The lowest BCUT2D eigenvalue weighted by atomic mass is 10.1. The number of hydrogen-bond acceptors (Lipinski definition) is 5. The molecule has 0 radical (unpaired) electrons. The molecule has 9 heteroatoms. The van der Waals surface area contributed by atoms with E-state index >= 15 is 0 Å². The average molecular weight is 458 g/mol.